The fraction of sp³-hybridized carbons (Fsp3) is 0.300. The number of aliphatic carboxylic acids is 2. The first-order valence-corrected chi connectivity index (χ1v) is 8.49. The van der Waals surface area contributed by atoms with E-state index < -0.39 is 11.9 Å². The van der Waals surface area contributed by atoms with E-state index in [0.717, 1.165) is 12.3 Å². The molecule has 138 valence electrons. The molecule has 0 saturated carbocycles. The van der Waals surface area contributed by atoms with Gasteiger partial charge < -0.3 is 14.9 Å². The Bertz CT molecular complexity index is 699. The predicted octanol–water partition coefficient (Wildman–Crippen LogP) is 3.02. The average molecular weight is 357 g/mol. The standard InChI is InChI=1S/C18H21NO.C2H2O4/c1-2-7-16(8-3-1)15-20-18-10-6-9-17(13-18)14-19-11-4-5-12-19;3-1(4)2(5)6/h1-3,6-10,13H,4-5,11-12,14-15H2;(H,3,4)(H,5,6). The van der Waals surface area contributed by atoms with Gasteiger partial charge in [0.05, 0.1) is 0 Å². The first kappa shape index (κ1) is 19.5. The minimum absolute atomic E-state index is 0.633. The smallest absolute Gasteiger partial charge is 0.414 e. The lowest BCUT2D eigenvalue weighted by Crippen LogP contribution is -2.18. The number of rotatable bonds is 5. The zero-order chi connectivity index (χ0) is 18.8. The third-order valence-electron chi connectivity index (χ3n) is 3.93. The van der Waals surface area contributed by atoms with Gasteiger partial charge in [0.1, 0.15) is 12.4 Å². The van der Waals surface area contributed by atoms with Crippen LogP contribution in [0.5, 0.6) is 5.75 Å². The maximum absolute atomic E-state index is 9.10. The molecule has 0 amide bonds. The van der Waals surface area contributed by atoms with E-state index in [9.17, 15) is 0 Å². The first-order chi connectivity index (χ1) is 12.5. The summed E-state index contributed by atoms with van der Waals surface area (Å²) in [6.07, 6.45) is 2.67. The number of carboxylic acid groups (broad SMARTS) is 2. The molecule has 2 N–H and O–H groups in total. The van der Waals surface area contributed by atoms with Gasteiger partial charge in [-0.05, 0) is 49.2 Å². The number of hydrogen-bond acceptors (Lipinski definition) is 4. The highest BCUT2D eigenvalue weighted by atomic mass is 16.5. The average Bonchev–Trinajstić information content (AvgIpc) is 3.15. The van der Waals surface area contributed by atoms with Crippen LogP contribution >= 0.6 is 0 Å². The number of carboxylic acids is 2. The van der Waals surface area contributed by atoms with Crippen molar-refractivity contribution in [1.82, 2.24) is 4.90 Å². The summed E-state index contributed by atoms with van der Waals surface area (Å²) in [5.41, 5.74) is 2.55. The largest absolute Gasteiger partial charge is 0.489 e. The summed E-state index contributed by atoms with van der Waals surface area (Å²) in [5, 5.41) is 14.8. The molecule has 1 aliphatic heterocycles. The quantitative estimate of drug-likeness (QED) is 0.800. The SMILES string of the molecule is O=C(O)C(=O)O.c1ccc(COc2cccc(CN3CCCC3)c2)cc1. The molecule has 0 aromatic heterocycles. The van der Waals surface area contributed by atoms with Gasteiger partial charge in [-0.3, -0.25) is 4.90 Å². The Balaban J connectivity index is 0.000000352. The number of benzene rings is 2. The Morgan fingerprint density at radius 1 is 0.885 bits per heavy atom. The van der Waals surface area contributed by atoms with Crippen molar-refractivity contribution in [2.75, 3.05) is 13.1 Å². The van der Waals surface area contributed by atoms with Crippen LogP contribution in [0.15, 0.2) is 54.6 Å². The van der Waals surface area contributed by atoms with Crippen molar-refractivity contribution >= 4 is 11.9 Å². The molecule has 0 radical (unpaired) electrons. The van der Waals surface area contributed by atoms with Crippen LogP contribution in [-0.4, -0.2) is 40.1 Å². The summed E-state index contributed by atoms with van der Waals surface area (Å²) >= 11 is 0. The fourth-order valence-corrected chi connectivity index (χ4v) is 2.67. The first-order valence-electron chi connectivity index (χ1n) is 8.49. The van der Waals surface area contributed by atoms with Gasteiger partial charge in [0.25, 0.3) is 0 Å². The van der Waals surface area contributed by atoms with Crippen LogP contribution in [0.4, 0.5) is 0 Å². The van der Waals surface area contributed by atoms with Crippen LogP contribution in [0, 0.1) is 0 Å². The fourth-order valence-electron chi connectivity index (χ4n) is 2.67. The van der Waals surface area contributed by atoms with E-state index in [1.165, 1.54) is 37.1 Å². The molecule has 26 heavy (non-hydrogen) atoms. The third-order valence-corrected chi connectivity index (χ3v) is 3.93. The minimum Gasteiger partial charge on any atom is -0.489 e. The molecule has 0 atom stereocenters. The molecule has 0 aliphatic carbocycles. The maximum atomic E-state index is 9.10. The minimum atomic E-state index is -1.82. The van der Waals surface area contributed by atoms with Crippen molar-refractivity contribution in [2.45, 2.75) is 26.0 Å². The molecule has 6 nitrogen and oxygen atoms in total. The van der Waals surface area contributed by atoms with Crippen molar-refractivity contribution in [1.29, 1.82) is 0 Å². The van der Waals surface area contributed by atoms with Crippen molar-refractivity contribution in [3.63, 3.8) is 0 Å². The molecule has 0 spiro atoms. The van der Waals surface area contributed by atoms with Gasteiger partial charge >= 0.3 is 11.9 Å². The molecule has 6 heteroatoms. The monoisotopic (exact) mass is 357 g/mol. The van der Waals surface area contributed by atoms with E-state index >= 15 is 0 Å². The molecule has 1 heterocycles. The lowest BCUT2D eigenvalue weighted by Gasteiger charge is -2.15. The Hall–Kier alpha value is -2.86. The molecule has 1 fully saturated rings. The topological polar surface area (TPSA) is 87.1 Å². The van der Waals surface area contributed by atoms with Crippen molar-refractivity contribution in [3.8, 4) is 5.75 Å². The Labute approximate surface area is 152 Å². The zero-order valence-corrected chi connectivity index (χ0v) is 14.5. The van der Waals surface area contributed by atoms with Crippen molar-refractivity contribution < 1.29 is 24.5 Å². The van der Waals surface area contributed by atoms with Gasteiger partial charge in [-0.25, -0.2) is 9.59 Å². The Morgan fingerprint density at radius 3 is 2.12 bits per heavy atom. The Kier molecular flexibility index (Phi) is 7.64. The van der Waals surface area contributed by atoms with Gasteiger partial charge in [-0.2, -0.15) is 0 Å². The summed E-state index contributed by atoms with van der Waals surface area (Å²) < 4.78 is 5.88. The number of hydrogen-bond donors (Lipinski definition) is 2. The van der Waals surface area contributed by atoms with Gasteiger partial charge in [0.15, 0.2) is 0 Å². The Morgan fingerprint density at radius 2 is 1.50 bits per heavy atom. The van der Waals surface area contributed by atoms with E-state index in [1.54, 1.807) is 0 Å². The predicted molar refractivity (Wildman–Crippen MR) is 97.0 cm³/mol. The summed E-state index contributed by atoms with van der Waals surface area (Å²) in [6, 6.07) is 18.8. The van der Waals surface area contributed by atoms with Crippen molar-refractivity contribution in [3.05, 3.63) is 65.7 Å². The highest BCUT2D eigenvalue weighted by Crippen LogP contribution is 2.18. The van der Waals surface area contributed by atoms with Gasteiger partial charge in [0.2, 0.25) is 0 Å². The van der Waals surface area contributed by atoms with Crippen LogP contribution < -0.4 is 4.74 Å². The van der Waals surface area contributed by atoms with Crippen LogP contribution in [0.3, 0.4) is 0 Å². The number of nitrogens with zero attached hydrogens (tertiary/aromatic N) is 1. The number of likely N-dealkylation sites (tertiary alicyclic amines) is 1. The van der Waals surface area contributed by atoms with Crippen LogP contribution in [0.25, 0.3) is 0 Å². The molecule has 1 aliphatic rings. The van der Waals surface area contributed by atoms with E-state index in [-0.39, 0.29) is 0 Å². The highest BCUT2D eigenvalue weighted by molar-refractivity contribution is 6.27. The van der Waals surface area contributed by atoms with Crippen molar-refractivity contribution in [2.24, 2.45) is 0 Å². The summed E-state index contributed by atoms with van der Waals surface area (Å²) in [5.74, 6) is -2.68. The molecule has 1 saturated heterocycles. The van der Waals surface area contributed by atoms with E-state index in [0.29, 0.717) is 6.61 Å². The lowest BCUT2D eigenvalue weighted by molar-refractivity contribution is -0.159. The van der Waals surface area contributed by atoms with Gasteiger partial charge in [-0.1, -0.05) is 42.5 Å². The van der Waals surface area contributed by atoms with Crippen LogP contribution in [0.2, 0.25) is 0 Å². The second-order valence-electron chi connectivity index (χ2n) is 6.02. The normalized spacial score (nSPS) is 13.5. The molecule has 3 rings (SSSR count). The number of ether oxygens (including phenoxy) is 1. The summed E-state index contributed by atoms with van der Waals surface area (Å²) in [4.78, 5) is 20.7. The van der Waals surface area contributed by atoms with Gasteiger partial charge in [-0.15, -0.1) is 0 Å². The maximum Gasteiger partial charge on any atom is 0.414 e. The summed E-state index contributed by atoms with van der Waals surface area (Å²) in [6.45, 7) is 4.14. The van der Waals surface area contributed by atoms with E-state index in [1.807, 2.05) is 24.3 Å². The van der Waals surface area contributed by atoms with Crippen LogP contribution in [0.1, 0.15) is 24.0 Å². The second kappa shape index (κ2) is 10.2. The van der Waals surface area contributed by atoms with Gasteiger partial charge in [0, 0.05) is 6.54 Å². The summed E-state index contributed by atoms with van der Waals surface area (Å²) in [7, 11) is 0. The molecule has 0 bridgehead atoms. The lowest BCUT2D eigenvalue weighted by atomic mass is 10.2. The third kappa shape index (κ3) is 6.94. The zero-order valence-electron chi connectivity index (χ0n) is 14.5. The van der Waals surface area contributed by atoms with Crippen LogP contribution in [-0.2, 0) is 22.7 Å². The molecule has 2 aromatic rings. The van der Waals surface area contributed by atoms with E-state index in [4.69, 9.17) is 24.5 Å². The molecule has 2 aromatic carbocycles. The molecule has 0 unspecified atom stereocenters. The second-order valence-corrected chi connectivity index (χ2v) is 6.02. The molecular formula is C20H23NO5. The number of carbonyl (C=O) groups is 2. The molecular weight excluding hydrogens is 334 g/mol. The van der Waals surface area contributed by atoms with E-state index in [2.05, 4.69) is 35.2 Å². The highest BCUT2D eigenvalue weighted by Gasteiger charge is 2.11.